The lowest BCUT2D eigenvalue weighted by Gasteiger charge is -2.05. The molecule has 0 unspecified atom stereocenters. The molecule has 0 amide bonds. The minimum atomic E-state index is -1.01. The summed E-state index contributed by atoms with van der Waals surface area (Å²) in [5.74, 6) is 0.120. The van der Waals surface area contributed by atoms with E-state index >= 15 is 0 Å². The topological polar surface area (TPSA) is 85.5 Å². The fourth-order valence-corrected chi connectivity index (χ4v) is 1.71. The Morgan fingerprint density at radius 3 is 2.63 bits per heavy atom. The van der Waals surface area contributed by atoms with Crippen molar-refractivity contribution >= 4 is 5.97 Å². The number of aliphatic carboxylic acids is 1. The molecule has 1 N–H and O–H groups in total. The Kier molecular flexibility index (Phi) is 3.79. The van der Waals surface area contributed by atoms with E-state index in [1.54, 1.807) is 0 Å². The van der Waals surface area contributed by atoms with E-state index in [1.165, 1.54) is 0 Å². The van der Waals surface area contributed by atoms with Crippen LogP contribution in [0.4, 0.5) is 0 Å². The minimum absolute atomic E-state index is 0.0755. The van der Waals surface area contributed by atoms with Crippen LogP contribution >= 0.6 is 0 Å². The summed E-state index contributed by atoms with van der Waals surface area (Å²) in [6.45, 7) is 4.12. The third-order valence-corrected chi connectivity index (χ3v) is 2.38. The SMILES string of the molecule is Cc1cc(C)cc(OCc2noc(CC(=O)O)n2)c1. The molecular formula is C13H14N2O4. The molecule has 0 bridgehead atoms. The van der Waals surface area contributed by atoms with Gasteiger partial charge in [0.15, 0.2) is 6.61 Å². The number of benzene rings is 1. The largest absolute Gasteiger partial charge is 0.485 e. The van der Waals surface area contributed by atoms with E-state index in [4.69, 9.17) is 14.4 Å². The van der Waals surface area contributed by atoms with Gasteiger partial charge in [0, 0.05) is 0 Å². The van der Waals surface area contributed by atoms with E-state index in [9.17, 15) is 4.79 Å². The highest BCUT2D eigenvalue weighted by atomic mass is 16.5. The number of aryl methyl sites for hydroxylation is 2. The number of carboxylic acids is 1. The van der Waals surface area contributed by atoms with Gasteiger partial charge >= 0.3 is 5.97 Å². The summed E-state index contributed by atoms with van der Waals surface area (Å²) in [7, 11) is 0. The number of ether oxygens (including phenoxy) is 1. The van der Waals surface area contributed by atoms with Gasteiger partial charge in [-0.25, -0.2) is 0 Å². The molecule has 0 aliphatic rings. The molecule has 19 heavy (non-hydrogen) atoms. The highest BCUT2D eigenvalue weighted by molar-refractivity contribution is 5.68. The number of hydrogen-bond acceptors (Lipinski definition) is 5. The van der Waals surface area contributed by atoms with Gasteiger partial charge in [-0.15, -0.1) is 0 Å². The Bertz CT molecular complexity index is 572. The van der Waals surface area contributed by atoms with Gasteiger partial charge in [-0.05, 0) is 37.1 Å². The molecule has 0 saturated heterocycles. The number of carboxylic acid groups (broad SMARTS) is 1. The molecule has 0 saturated carbocycles. The maximum atomic E-state index is 10.5. The highest BCUT2D eigenvalue weighted by Gasteiger charge is 2.10. The van der Waals surface area contributed by atoms with Crippen LogP contribution < -0.4 is 4.74 Å². The van der Waals surface area contributed by atoms with Crippen molar-refractivity contribution in [2.24, 2.45) is 0 Å². The number of aromatic nitrogens is 2. The molecule has 1 heterocycles. The Labute approximate surface area is 110 Å². The van der Waals surface area contributed by atoms with Crippen LogP contribution in [0.25, 0.3) is 0 Å². The first kappa shape index (κ1) is 13.1. The zero-order valence-corrected chi connectivity index (χ0v) is 10.7. The normalized spacial score (nSPS) is 10.4. The summed E-state index contributed by atoms with van der Waals surface area (Å²) in [6.07, 6.45) is -0.281. The van der Waals surface area contributed by atoms with E-state index < -0.39 is 5.97 Å². The summed E-state index contributed by atoms with van der Waals surface area (Å²) >= 11 is 0. The molecule has 2 rings (SSSR count). The standard InChI is InChI=1S/C13H14N2O4/c1-8-3-9(2)5-10(4-8)18-7-11-14-12(19-15-11)6-13(16)17/h3-5H,6-7H2,1-2H3,(H,16,17). The predicted octanol–water partition coefficient (Wildman–Crippen LogP) is 1.89. The first-order valence-corrected chi connectivity index (χ1v) is 5.77. The van der Waals surface area contributed by atoms with Crippen LogP contribution in [-0.4, -0.2) is 21.2 Å². The predicted molar refractivity (Wildman–Crippen MR) is 65.9 cm³/mol. The number of nitrogens with zero attached hydrogens (tertiary/aromatic N) is 2. The van der Waals surface area contributed by atoms with Gasteiger partial charge in [0.1, 0.15) is 12.2 Å². The molecule has 0 fully saturated rings. The fourth-order valence-electron chi connectivity index (χ4n) is 1.71. The Hall–Kier alpha value is -2.37. The van der Waals surface area contributed by atoms with Gasteiger partial charge in [-0.1, -0.05) is 11.2 Å². The van der Waals surface area contributed by atoms with Crippen molar-refractivity contribution in [2.45, 2.75) is 26.9 Å². The number of hydrogen-bond donors (Lipinski definition) is 1. The van der Waals surface area contributed by atoms with Crippen molar-refractivity contribution in [2.75, 3.05) is 0 Å². The Morgan fingerprint density at radius 1 is 1.32 bits per heavy atom. The summed E-state index contributed by atoms with van der Waals surface area (Å²) in [5, 5.41) is 12.2. The van der Waals surface area contributed by atoms with E-state index in [-0.39, 0.29) is 18.9 Å². The molecule has 1 aromatic carbocycles. The molecule has 0 spiro atoms. The third-order valence-electron chi connectivity index (χ3n) is 2.38. The van der Waals surface area contributed by atoms with Crippen LogP contribution in [0.5, 0.6) is 5.75 Å². The zero-order chi connectivity index (χ0) is 13.8. The monoisotopic (exact) mass is 262 g/mol. The quantitative estimate of drug-likeness (QED) is 0.885. The minimum Gasteiger partial charge on any atom is -0.485 e. The second kappa shape index (κ2) is 5.51. The zero-order valence-electron chi connectivity index (χ0n) is 10.7. The number of rotatable bonds is 5. The lowest BCUT2D eigenvalue weighted by molar-refractivity contribution is -0.136. The molecule has 1 aromatic heterocycles. The summed E-state index contributed by atoms with van der Waals surface area (Å²) in [4.78, 5) is 14.4. The lowest BCUT2D eigenvalue weighted by atomic mass is 10.1. The van der Waals surface area contributed by atoms with Crippen molar-refractivity contribution in [3.05, 3.63) is 41.0 Å². The highest BCUT2D eigenvalue weighted by Crippen LogP contribution is 2.17. The molecule has 0 aliphatic carbocycles. The van der Waals surface area contributed by atoms with Crippen molar-refractivity contribution in [3.8, 4) is 5.75 Å². The molecule has 0 atom stereocenters. The van der Waals surface area contributed by atoms with Crippen LogP contribution in [0.2, 0.25) is 0 Å². The second-order valence-corrected chi connectivity index (χ2v) is 4.29. The van der Waals surface area contributed by atoms with Gasteiger partial charge < -0.3 is 14.4 Å². The maximum absolute atomic E-state index is 10.5. The maximum Gasteiger partial charge on any atom is 0.312 e. The average Bonchev–Trinajstić information content (AvgIpc) is 2.72. The summed E-state index contributed by atoms with van der Waals surface area (Å²) in [6, 6.07) is 5.86. The Morgan fingerprint density at radius 2 is 2.00 bits per heavy atom. The first-order chi connectivity index (χ1) is 9.02. The molecule has 2 aromatic rings. The lowest BCUT2D eigenvalue weighted by Crippen LogP contribution is -2.01. The molecule has 100 valence electrons. The smallest absolute Gasteiger partial charge is 0.312 e. The van der Waals surface area contributed by atoms with Crippen molar-refractivity contribution in [3.63, 3.8) is 0 Å². The first-order valence-electron chi connectivity index (χ1n) is 5.77. The molecule has 0 radical (unpaired) electrons. The van der Waals surface area contributed by atoms with E-state index in [0.717, 1.165) is 16.9 Å². The van der Waals surface area contributed by atoms with Crippen LogP contribution in [0.1, 0.15) is 22.8 Å². The molecular weight excluding hydrogens is 248 g/mol. The van der Waals surface area contributed by atoms with Crippen LogP contribution in [0.3, 0.4) is 0 Å². The molecule has 0 aliphatic heterocycles. The number of carbonyl (C=O) groups is 1. The fraction of sp³-hybridized carbons (Fsp3) is 0.308. The van der Waals surface area contributed by atoms with Crippen LogP contribution in [0.15, 0.2) is 22.7 Å². The van der Waals surface area contributed by atoms with Gasteiger partial charge in [0.05, 0.1) is 0 Å². The van der Waals surface area contributed by atoms with Crippen molar-refractivity contribution in [1.82, 2.24) is 10.1 Å². The average molecular weight is 262 g/mol. The summed E-state index contributed by atoms with van der Waals surface area (Å²) < 4.78 is 10.3. The van der Waals surface area contributed by atoms with E-state index in [1.807, 2.05) is 32.0 Å². The second-order valence-electron chi connectivity index (χ2n) is 4.29. The van der Waals surface area contributed by atoms with E-state index in [0.29, 0.717) is 5.82 Å². The van der Waals surface area contributed by atoms with E-state index in [2.05, 4.69) is 10.1 Å². The summed E-state index contributed by atoms with van der Waals surface area (Å²) in [5.41, 5.74) is 2.21. The Balaban J connectivity index is 1.98. The van der Waals surface area contributed by atoms with Crippen molar-refractivity contribution in [1.29, 1.82) is 0 Å². The molecule has 6 heteroatoms. The van der Waals surface area contributed by atoms with Gasteiger partial charge in [-0.3, -0.25) is 4.79 Å². The van der Waals surface area contributed by atoms with Crippen molar-refractivity contribution < 1.29 is 19.2 Å². The van der Waals surface area contributed by atoms with Gasteiger partial charge in [0.25, 0.3) is 0 Å². The third kappa shape index (κ3) is 3.80. The van der Waals surface area contributed by atoms with Gasteiger partial charge in [0.2, 0.25) is 11.7 Å². The van der Waals surface area contributed by atoms with Gasteiger partial charge in [-0.2, -0.15) is 4.98 Å². The van der Waals surface area contributed by atoms with Crippen LogP contribution in [0, 0.1) is 13.8 Å². The van der Waals surface area contributed by atoms with Crippen LogP contribution in [-0.2, 0) is 17.8 Å². The molecule has 6 nitrogen and oxygen atoms in total.